The predicted molar refractivity (Wildman–Crippen MR) is 49.1 cm³/mol. The molecule has 1 saturated carbocycles. The Morgan fingerprint density at radius 3 is 2.77 bits per heavy atom. The van der Waals surface area contributed by atoms with E-state index in [1.807, 2.05) is 0 Å². The molecule has 3 heteroatoms. The number of hydrogen-bond acceptors (Lipinski definition) is 2. The molecule has 0 aliphatic heterocycles. The summed E-state index contributed by atoms with van der Waals surface area (Å²) < 4.78 is 0. The van der Waals surface area contributed by atoms with Gasteiger partial charge in [-0.05, 0) is 30.6 Å². The highest BCUT2D eigenvalue weighted by molar-refractivity contribution is 5.67. The number of carbonyl (C=O) groups is 1. The van der Waals surface area contributed by atoms with Crippen molar-refractivity contribution in [3.63, 3.8) is 0 Å². The molecule has 13 heavy (non-hydrogen) atoms. The van der Waals surface area contributed by atoms with Crippen LogP contribution in [-0.4, -0.2) is 17.1 Å². The lowest BCUT2D eigenvalue weighted by atomic mass is 9.86. The fraction of sp³-hybridized carbons (Fsp3) is 0.700. The Balaban J connectivity index is 1.95. The molecular weight excluding hydrogens is 166 g/mol. The lowest BCUT2D eigenvalue weighted by Crippen LogP contribution is -2.34. The van der Waals surface area contributed by atoms with Crippen LogP contribution in [0, 0.1) is 17.8 Å². The van der Waals surface area contributed by atoms with Crippen LogP contribution in [0.3, 0.4) is 0 Å². The summed E-state index contributed by atoms with van der Waals surface area (Å²) in [6, 6.07) is -0.155. The second kappa shape index (κ2) is 3.14. The number of fused-ring (bicyclic) bond motifs is 2. The van der Waals surface area contributed by atoms with Crippen LogP contribution in [0.2, 0.25) is 0 Å². The highest BCUT2D eigenvalue weighted by atomic mass is 16.4. The topological polar surface area (TPSA) is 63.3 Å². The van der Waals surface area contributed by atoms with Crippen LogP contribution in [0.5, 0.6) is 0 Å². The van der Waals surface area contributed by atoms with Gasteiger partial charge in [0.05, 0.1) is 6.42 Å². The molecule has 0 aromatic heterocycles. The highest BCUT2D eigenvalue weighted by Gasteiger charge is 2.39. The molecule has 3 N–H and O–H groups in total. The normalized spacial score (nSPS) is 38.1. The van der Waals surface area contributed by atoms with Crippen LogP contribution < -0.4 is 5.73 Å². The first-order valence-corrected chi connectivity index (χ1v) is 4.82. The van der Waals surface area contributed by atoms with Gasteiger partial charge in [0.25, 0.3) is 0 Å². The van der Waals surface area contributed by atoms with Crippen LogP contribution >= 0.6 is 0 Å². The zero-order chi connectivity index (χ0) is 9.42. The molecule has 0 saturated heterocycles. The second-order valence-corrected chi connectivity index (χ2v) is 4.21. The summed E-state index contributed by atoms with van der Waals surface area (Å²) in [5.41, 5.74) is 5.85. The van der Waals surface area contributed by atoms with Crippen LogP contribution in [0.15, 0.2) is 12.2 Å². The highest BCUT2D eigenvalue weighted by Crippen LogP contribution is 2.44. The van der Waals surface area contributed by atoms with Crippen molar-refractivity contribution in [2.45, 2.75) is 25.3 Å². The zero-order valence-corrected chi connectivity index (χ0v) is 7.52. The molecule has 2 rings (SSSR count). The molecule has 0 aromatic carbocycles. The Kier molecular flexibility index (Phi) is 2.12. The zero-order valence-electron chi connectivity index (χ0n) is 7.52. The maximum Gasteiger partial charge on any atom is 0.304 e. The SMILES string of the molecule is N[C@@H](CC(=O)O)[C@@H]1C[C@H]2C=C[C@@H]1C2. The molecule has 0 amide bonds. The maximum absolute atomic E-state index is 10.5. The van der Waals surface area contributed by atoms with Gasteiger partial charge in [0.2, 0.25) is 0 Å². The predicted octanol–water partition coefficient (Wildman–Crippen LogP) is 1.00. The number of allylic oxidation sites excluding steroid dienone is 2. The van der Waals surface area contributed by atoms with Gasteiger partial charge in [-0.1, -0.05) is 12.2 Å². The maximum atomic E-state index is 10.5. The molecular formula is C10H15NO2. The third-order valence-corrected chi connectivity index (χ3v) is 3.29. The van der Waals surface area contributed by atoms with Crippen molar-refractivity contribution >= 4 is 5.97 Å². The number of rotatable bonds is 3. The number of carboxylic acid groups (broad SMARTS) is 1. The third kappa shape index (κ3) is 1.61. The van der Waals surface area contributed by atoms with E-state index < -0.39 is 5.97 Å². The van der Waals surface area contributed by atoms with Crippen molar-refractivity contribution in [3.8, 4) is 0 Å². The lowest BCUT2D eigenvalue weighted by Gasteiger charge is -2.23. The Hall–Kier alpha value is -0.830. The summed E-state index contributed by atoms with van der Waals surface area (Å²) in [4.78, 5) is 10.5. The molecule has 3 nitrogen and oxygen atoms in total. The minimum Gasteiger partial charge on any atom is -0.481 e. The lowest BCUT2D eigenvalue weighted by molar-refractivity contribution is -0.137. The number of aliphatic carboxylic acids is 1. The van der Waals surface area contributed by atoms with Crippen LogP contribution in [0.4, 0.5) is 0 Å². The van der Waals surface area contributed by atoms with Crippen LogP contribution in [-0.2, 0) is 4.79 Å². The van der Waals surface area contributed by atoms with Gasteiger partial charge in [-0.15, -0.1) is 0 Å². The average molecular weight is 181 g/mol. The van der Waals surface area contributed by atoms with E-state index in [0.29, 0.717) is 17.8 Å². The van der Waals surface area contributed by atoms with E-state index in [0.717, 1.165) is 6.42 Å². The van der Waals surface area contributed by atoms with Gasteiger partial charge in [-0.25, -0.2) is 0 Å². The van der Waals surface area contributed by atoms with Gasteiger partial charge in [-0.3, -0.25) is 4.79 Å². The molecule has 0 radical (unpaired) electrons. The third-order valence-electron chi connectivity index (χ3n) is 3.29. The van der Waals surface area contributed by atoms with Gasteiger partial charge < -0.3 is 10.8 Å². The smallest absolute Gasteiger partial charge is 0.304 e. The van der Waals surface area contributed by atoms with E-state index in [9.17, 15) is 4.79 Å². The minimum atomic E-state index is -0.778. The summed E-state index contributed by atoms with van der Waals surface area (Å²) in [7, 11) is 0. The molecule has 1 fully saturated rings. The summed E-state index contributed by atoms with van der Waals surface area (Å²) in [6.45, 7) is 0. The molecule has 4 atom stereocenters. The first-order valence-electron chi connectivity index (χ1n) is 4.82. The fourth-order valence-electron chi connectivity index (χ4n) is 2.67. The fourth-order valence-corrected chi connectivity index (χ4v) is 2.67. The van der Waals surface area contributed by atoms with Gasteiger partial charge >= 0.3 is 5.97 Å². The molecule has 0 aromatic rings. The molecule has 72 valence electrons. The Labute approximate surface area is 77.6 Å². The summed E-state index contributed by atoms with van der Waals surface area (Å²) >= 11 is 0. The standard InChI is InChI=1S/C10H15NO2/c11-9(5-10(12)13)8-4-6-1-2-7(8)3-6/h1-2,6-9H,3-5,11H2,(H,12,13)/t6-,7+,8+,9-/m0/s1. The summed E-state index contributed by atoms with van der Waals surface area (Å²) in [5.74, 6) is 0.861. The van der Waals surface area contributed by atoms with Gasteiger partial charge in [-0.2, -0.15) is 0 Å². The van der Waals surface area contributed by atoms with E-state index in [2.05, 4.69) is 12.2 Å². The first-order chi connectivity index (χ1) is 6.16. The van der Waals surface area contributed by atoms with E-state index in [1.165, 1.54) is 6.42 Å². The van der Waals surface area contributed by atoms with Crippen molar-refractivity contribution in [1.29, 1.82) is 0 Å². The molecule has 0 heterocycles. The van der Waals surface area contributed by atoms with E-state index in [-0.39, 0.29) is 12.5 Å². The Morgan fingerprint density at radius 2 is 2.31 bits per heavy atom. The number of hydrogen-bond donors (Lipinski definition) is 2. The van der Waals surface area contributed by atoms with Crippen molar-refractivity contribution in [2.75, 3.05) is 0 Å². The molecule has 0 unspecified atom stereocenters. The molecule has 2 aliphatic rings. The van der Waals surface area contributed by atoms with Crippen molar-refractivity contribution < 1.29 is 9.90 Å². The first kappa shape index (κ1) is 8.75. The number of nitrogens with two attached hydrogens (primary N) is 1. The summed E-state index contributed by atoms with van der Waals surface area (Å²) in [5, 5.41) is 8.62. The van der Waals surface area contributed by atoms with Crippen molar-refractivity contribution in [2.24, 2.45) is 23.5 Å². The summed E-state index contributed by atoms with van der Waals surface area (Å²) in [6.07, 6.45) is 6.85. The largest absolute Gasteiger partial charge is 0.481 e. The van der Waals surface area contributed by atoms with Crippen molar-refractivity contribution in [1.82, 2.24) is 0 Å². The Morgan fingerprint density at radius 1 is 1.54 bits per heavy atom. The second-order valence-electron chi connectivity index (χ2n) is 4.21. The van der Waals surface area contributed by atoms with Gasteiger partial charge in [0.1, 0.15) is 0 Å². The van der Waals surface area contributed by atoms with E-state index in [4.69, 9.17) is 10.8 Å². The van der Waals surface area contributed by atoms with Crippen molar-refractivity contribution in [3.05, 3.63) is 12.2 Å². The monoisotopic (exact) mass is 181 g/mol. The molecule has 2 bridgehead atoms. The molecule has 2 aliphatic carbocycles. The van der Waals surface area contributed by atoms with E-state index in [1.54, 1.807) is 0 Å². The van der Waals surface area contributed by atoms with Gasteiger partial charge in [0.15, 0.2) is 0 Å². The van der Waals surface area contributed by atoms with Crippen LogP contribution in [0.1, 0.15) is 19.3 Å². The quantitative estimate of drug-likeness (QED) is 0.638. The average Bonchev–Trinajstić information content (AvgIpc) is 2.62. The molecule has 0 spiro atoms. The minimum absolute atomic E-state index is 0.113. The van der Waals surface area contributed by atoms with Crippen LogP contribution in [0.25, 0.3) is 0 Å². The van der Waals surface area contributed by atoms with Gasteiger partial charge in [0, 0.05) is 6.04 Å². The van der Waals surface area contributed by atoms with E-state index >= 15 is 0 Å². The number of carboxylic acids is 1. The Bertz CT molecular complexity index is 249.